The number of hydrogen-bond donors (Lipinski definition) is 1. The van der Waals surface area contributed by atoms with Gasteiger partial charge in [-0.05, 0) is 56.5 Å². The number of nitrogens with one attached hydrogen (secondary N) is 1. The molecule has 3 atom stereocenters. The van der Waals surface area contributed by atoms with E-state index in [0.29, 0.717) is 17.0 Å². The van der Waals surface area contributed by atoms with Crippen LogP contribution in [0, 0.1) is 5.92 Å². The Morgan fingerprint density at radius 2 is 2.06 bits per heavy atom. The smallest absolute Gasteiger partial charge is 0.0529 e. The zero-order valence-corrected chi connectivity index (χ0v) is 12.3. The molecule has 0 radical (unpaired) electrons. The summed E-state index contributed by atoms with van der Waals surface area (Å²) in [6.45, 7) is 0. The quantitative estimate of drug-likeness (QED) is 0.900. The van der Waals surface area contributed by atoms with Crippen molar-refractivity contribution in [3.63, 3.8) is 0 Å². The Bertz CT molecular complexity index is 407. The van der Waals surface area contributed by atoms with Crippen LogP contribution in [0.4, 0.5) is 0 Å². The number of benzene rings is 1. The lowest BCUT2D eigenvalue weighted by Crippen LogP contribution is -2.29. The maximum atomic E-state index is 12.2. The second kappa shape index (κ2) is 6.69. The zero-order chi connectivity index (χ0) is 13.0. The van der Waals surface area contributed by atoms with Gasteiger partial charge in [0, 0.05) is 21.7 Å². The van der Waals surface area contributed by atoms with Crippen LogP contribution in [0.1, 0.15) is 25.7 Å². The van der Waals surface area contributed by atoms with Gasteiger partial charge in [-0.15, -0.1) is 0 Å². The van der Waals surface area contributed by atoms with Gasteiger partial charge in [-0.1, -0.05) is 18.0 Å². The van der Waals surface area contributed by atoms with E-state index in [0.717, 1.165) is 17.1 Å². The summed E-state index contributed by atoms with van der Waals surface area (Å²) in [5.41, 5.74) is 0. The van der Waals surface area contributed by atoms with Gasteiger partial charge in [0.05, 0.1) is 10.8 Å². The highest BCUT2D eigenvalue weighted by Gasteiger charge is 2.25. The Balaban J connectivity index is 1.86. The fraction of sp³-hybridized carbons (Fsp3) is 0.571. The Morgan fingerprint density at radius 1 is 1.33 bits per heavy atom. The molecule has 1 aliphatic carbocycles. The minimum atomic E-state index is -0.891. The Hall–Kier alpha value is -0.380. The summed E-state index contributed by atoms with van der Waals surface area (Å²) >= 11 is 5.83. The molecule has 1 fully saturated rings. The SMILES string of the molecule is CNC1CCCC1CCS(=O)c1ccc(Cl)cc1. The van der Waals surface area contributed by atoms with Crippen molar-refractivity contribution in [1.29, 1.82) is 0 Å². The maximum absolute atomic E-state index is 12.2. The first kappa shape index (κ1) is 14.0. The first-order chi connectivity index (χ1) is 8.70. The van der Waals surface area contributed by atoms with Gasteiger partial charge >= 0.3 is 0 Å². The van der Waals surface area contributed by atoms with E-state index in [1.165, 1.54) is 19.3 Å². The monoisotopic (exact) mass is 285 g/mol. The maximum Gasteiger partial charge on any atom is 0.0529 e. The highest BCUT2D eigenvalue weighted by Crippen LogP contribution is 2.28. The lowest BCUT2D eigenvalue weighted by Gasteiger charge is -2.18. The molecular weight excluding hydrogens is 266 g/mol. The molecule has 0 aromatic heterocycles. The predicted molar refractivity (Wildman–Crippen MR) is 77.5 cm³/mol. The van der Waals surface area contributed by atoms with Crippen molar-refractivity contribution in [3.8, 4) is 0 Å². The largest absolute Gasteiger partial charge is 0.317 e. The van der Waals surface area contributed by atoms with Crippen LogP contribution in [0.25, 0.3) is 0 Å². The second-order valence-electron chi connectivity index (χ2n) is 4.88. The van der Waals surface area contributed by atoms with Gasteiger partial charge in [-0.25, -0.2) is 0 Å². The minimum Gasteiger partial charge on any atom is -0.317 e. The highest BCUT2D eigenvalue weighted by atomic mass is 35.5. The van der Waals surface area contributed by atoms with Crippen LogP contribution in [0.15, 0.2) is 29.2 Å². The van der Waals surface area contributed by atoms with Gasteiger partial charge < -0.3 is 5.32 Å². The van der Waals surface area contributed by atoms with Crippen molar-refractivity contribution in [2.75, 3.05) is 12.8 Å². The molecule has 0 spiro atoms. The summed E-state index contributed by atoms with van der Waals surface area (Å²) in [6.07, 6.45) is 4.86. The highest BCUT2D eigenvalue weighted by molar-refractivity contribution is 7.85. The zero-order valence-electron chi connectivity index (χ0n) is 10.7. The summed E-state index contributed by atoms with van der Waals surface area (Å²) in [6, 6.07) is 7.96. The third-order valence-electron chi connectivity index (χ3n) is 3.78. The summed E-state index contributed by atoms with van der Waals surface area (Å²) in [5.74, 6) is 1.44. The van der Waals surface area contributed by atoms with Crippen molar-refractivity contribution in [3.05, 3.63) is 29.3 Å². The molecule has 1 N–H and O–H groups in total. The molecule has 2 rings (SSSR count). The number of halogens is 1. The van der Waals surface area contributed by atoms with Crippen molar-refractivity contribution < 1.29 is 4.21 Å². The molecule has 0 amide bonds. The van der Waals surface area contributed by atoms with E-state index in [1.54, 1.807) is 12.1 Å². The summed E-state index contributed by atoms with van der Waals surface area (Å²) in [4.78, 5) is 0.887. The molecule has 0 heterocycles. The molecule has 4 heteroatoms. The molecule has 1 aromatic carbocycles. The van der Waals surface area contributed by atoms with Crippen molar-refractivity contribution in [1.82, 2.24) is 5.32 Å². The van der Waals surface area contributed by atoms with Crippen LogP contribution >= 0.6 is 11.6 Å². The third kappa shape index (κ3) is 3.56. The second-order valence-corrected chi connectivity index (χ2v) is 6.89. The fourth-order valence-electron chi connectivity index (χ4n) is 2.73. The molecule has 18 heavy (non-hydrogen) atoms. The van der Waals surface area contributed by atoms with Crippen LogP contribution < -0.4 is 5.32 Å². The lowest BCUT2D eigenvalue weighted by molar-refractivity contribution is 0.416. The van der Waals surface area contributed by atoms with Gasteiger partial charge in [0.1, 0.15) is 0 Å². The van der Waals surface area contributed by atoms with Gasteiger partial charge in [-0.3, -0.25) is 4.21 Å². The van der Waals surface area contributed by atoms with Crippen LogP contribution in [0.2, 0.25) is 5.02 Å². The first-order valence-electron chi connectivity index (χ1n) is 6.52. The molecule has 2 nitrogen and oxygen atoms in total. The molecule has 1 aliphatic rings. The van der Waals surface area contributed by atoms with Crippen molar-refractivity contribution in [2.45, 2.75) is 36.6 Å². The average molecular weight is 286 g/mol. The van der Waals surface area contributed by atoms with Crippen LogP contribution in [-0.2, 0) is 10.8 Å². The van der Waals surface area contributed by atoms with E-state index in [-0.39, 0.29) is 0 Å². The Morgan fingerprint density at radius 3 is 2.72 bits per heavy atom. The van der Waals surface area contributed by atoms with E-state index < -0.39 is 10.8 Å². The minimum absolute atomic E-state index is 0.618. The number of hydrogen-bond acceptors (Lipinski definition) is 2. The third-order valence-corrected chi connectivity index (χ3v) is 5.44. The van der Waals surface area contributed by atoms with Crippen LogP contribution in [-0.4, -0.2) is 23.1 Å². The van der Waals surface area contributed by atoms with Crippen LogP contribution in [0.3, 0.4) is 0 Å². The van der Waals surface area contributed by atoms with E-state index in [2.05, 4.69) is 5.32 Å². The molecule has 1 aromatic rings. The van der Waals surface area contributed by atoms with E-state index in [1.807, 2.05) is 19.2 Å². The van der Waals surface area contributed by atoms with Gasteiger partial charge in [0.15, 0.2) is 0 Å². The molecule has 3 unspecified atom stereocenters. The summed E-state index contributed by atoms with van der Waals surface area (Å²) in [5, 5.41) is 4.06. The fourth-order valence-corrected chi connectivity index (χ4v) is 4.04. The Kier molecular flexibility index (Phi) is 5.22. The standard InChI is InChI=1S/C14H20ClNOS/c1-16-14-4-2-3-11(14)9-10-18(17)13-7-5-12(15)6-8-13/h5-8,11,14,16H,2-4,9-10H2,1H3. The molecule has 0 bridgehead atoms. The van der Waals surface area contributed by atoms with Crippen LogP contribution in [0.5, 0.6) is 0 Å². The van der Waals surface area contributed by atoms with Crippen molar-refractivity contribution >= 4 is 22.4 Å². The van der Waals surface area contributed by atoms with Gasteiger partial charge in [0.25, 0.3) is 0 Å². The molecule has 0 aliphatic heterocycles. The molecule has 100 valence electrons. The topological polar surface area (TPSA) is 29.1 Å². The average Bonchev–Trinajstić information content (AvgIpc) is 2.84. The predicted octanol–water partition coefficient (Wildman–Crippen LogP) is 3.23. The Labute approximate surface area is 117 Å². The van der Waals surface area contributed by atoms with Gasteiger partial charge in [0.2, 0.25) is 0 Å². The van der Waals surface area contributed by atoms with E-state index >= 15 is 0 Å². The van der Waals surface area contributed by atoms with Crippen molar-refractivity contribution in [2.24, 2.45) is 5.92 Å². The summed E-state index contributed by atoms with van der Waals surface area (Å²) < 4.78 is 12.2. The number of rotatable bonds is 5. The van der Waals surface area contributed by atoms with E-state index in [4.69, 9.17) is 11.6 Å². The molecule has 1 saturated carbocycles. The first-order valence-corrected chi connectivity index (χ1v) is 8.21. The lowest BCUT2D eigenvalue weighted by atomic mass is 10.0. The molecule has 0 saturated heterocycles. The molecular formula is C14H20ClNOS. The normalized spacial score (nSPS) is 25.2. The van der Waals surface area contributed by atoms with Gasteiger partial charge in [-0.2, -0.15) is 0 Å². The van der Waals surface area contributed by atoms with E-state index in [9.17, 15) is 4.21 Å². The summed E-state index contributed by atoms with van der Waals surface area (Å²) in [7, 11) is 1.14.